The second-order valence-corrected chi connectivity index (χ2v) is 108. The normalized spacial score (nSPS) is 36.7. The van der Waals surface area contributed by atoms with Crippen molar-refractivity contribution in [3.05, 3.63) is 148 Å². The Hall–Kier alpha value is -1.18. The second-order valence-electron chi connectivity index (χ2n) is 44.3. The number of ketones is 2. The van der Waals surface area contributed by atoms with E-state index in [2.05, 4.69) is 212 Å². The Morgan fingerprint density at radius 3 is 0.850 bits per heavy atom. The van der Waals surface area contributed by atoms with E-state index >= 15 is 0 Å². The molecule has 0 bridgehead atoms. The number of nitrogens with two attached hydrogens (primary N) is 1. The number of fused-ring (bicyclic) bond motifs is 20. The summed E-state index contributed by atoms with van der Waals surface area (Å²) in [5.41, 5.74) is -5.46. The summed E-state index contributed by atoms with van der Waals surface area (Å²) in [5.74, 6) is 2.78. The van der Waals surface area contributed by atoms with Crippen molar-refractivity contribution >= 4 is 201 Å². The Morgan fingerprint density at radius 1 is 0.381 bits per heavy atom. The van der Waals surface area contributed by atoms with Crippen LogP contribution >= 0.6 is 149 Å². The van der Waals surface area contributed by atoms with E-state index in [1.807, 2.05) is 26.0 Å². The molecule has 0 radical (unpaired) electrons. The van der Waals surface area contributed by atoms with E-state index < -0.39 is 140 Å². The molecule has 3 aromatic rings. The van der Waals surface area contributed by atoms with Gasteiger partial charge in [-0.25, -0.2) is 0 Å². The Kier molecular flexibility index (Phi) is 43.0. The third-order valence-electron chi connectivity index (χ3n) is 38.0. The van der Waals surface area contributed by atoms with Crippen LogP contribution < -0.4 is 40.3 Å². The predicted molar refractivity (Wildman–Crippen MR) is 577 cm³/mol. The molecular formula is C104H128ClF18I8N5O9V2-. The van der Waals surface area contributed by atoms with Crippen molar-refractivity contribution in [1.82, 2.24) is 21.3 Å². The average Bonchev–Trinajstić information content (AvgIpc) is 1.60. The van der Waals surface area contributed by atoms with Crippen molar-refractivity contribution in [3.63, 3.8) is 0 Å². The molecule has 147 heavy (non-hydrogen) atoms. The van der Waals surface area contributed by atoms with E-state index in [9.17, 15) is 122 Å². The number of anilines is 1. The molecule has 28 atom stereocenters. The van der Waals surface area contributed by atoms with E-state index in [0.717, 1.165) is 135 Å². The fraction of sp³-hybridized carbons (Fsp3) is 0.673. The third-order valence-corrected chi connectivity index (χ3v) is 38.2. The van der Waals surface area contributed by atoms with Gasteiger partial charge in [0.2, 0.25) is 28.9 Å². The molecule has 3 aromatic carbocycles. The Bertz CT molecular complexity index is 5130. The Morgan fingerprint density at radius 2 is 0.612 bits per heavy atom. The summed E-state index contributed by atoms with van der Waals surface area (Å²) in [6.45, 7) is 17.6. The van der Waals surface area contributed by atoms with Crippen molar-refractivity contribution in [2.24, 2.45) is 138 Å². The quantitative estimate of drug-likeness (QED) is 0.0541. The van der Waals surface area contributed by atoms with Gasteiger partial charge >= 0.3 is 208 Å². The van der Waals surface area contributed by atoms with Crippen molar-refractivity contribution in [1.29, 1.82) is 0 Å². The summed E-state index contributed by atoms with van der Waals surface area (Å²) >= 11 is 23.4. The molecule has 823 valence electrons. The van der Waals surface area contributed by atoms with Gasteiger partial charge in [0, 0.05) is 82.1 Å². The molecule has 0 spiro atoms. The summed E-state index contributed by atoms with van der Waals surface area (Å²) in [7, 11) is 0.628. The Labute approximate surface area is 950 Å². The molecule has 12 aliphatic carbocycles. The number of carbonyl (C=O) groups excluding carboxylic acids is 7. The molecule has 7 N–H and O–H groups in total. The summed E-state index contributed by atoms with van der Waals surface area (Å²) < 4.78 is 234. The standard InChI is InChI=1S/2C28H31F6NO2.C19H26ClNO2.C19H27NO3.C8H5F6N.2CH4.I3.5HI.2V/c2*1-25-11-9-20-17(4-8-23-26(20,2)12-10-24(37)35-23)19(25)6-7-21(25)22(36)14-15-13-16(27(29,30)31)3-5-18(15)28(32,33)34;1-18-9-7-13-11(12(18)4-5-14(18)17(20)23)3-6-15-19(13,2)10-8-16(22)21-15;1-18-9-7-13-11(12(18)4-5-14(18)17(22)23)3-6-15-19(13,2)10-8-16(21)20-15;9-7(10,11)4-1-2-5(6(15)3-4)8(12,13)14;;;1-3-2;;;;;;;/h2*3,5,10,12-13,17,19-21,23H,4,6-9,11,14H2,1-2H3,(H,35,37);8,10-15H,3-7,9H2,1-2H3,(H,21,22);8,10-15H,3-7,9H2,1-2H3,(H,20,21)(H,22,23);1-3H,15H2;2*1H4;;5*1H;;/q;;;;;;;-1;;;;;;+2;+3/p-5/t2*17-,19-,20-,21+,23+,25-,26+;2*11-,12-,13-,14+,15+,18-,19+;;;;;;;;;;;/m0000.........../s1. The van der Waals surface area contributed by atoms with Crippen LogP contribution in [0.5, 0.6) is 0 Å². The van der Waals surface area contributed by atoms with Crippen molar-refractivity contribution in [3.8, 4) is 0 Å². The number of halogens is 27. The first-order valence-electron chi connectivity index (χ1n) is 48.8. The van der Waals surface area contributed by atoms with E-state index in [1.54, 1.807) is 24.3 Å². The molecule has 12 fully saturated rings. The number of hydrogen-bond acceptors (Lipinski definition) is 9. The van der Waals surface area contributed by atoms with Crippen molar-refractivity contribution in [2.75, 3.05) is 5.73 Å². The number of alkyl halides is 18. The number of benzene rings is 3. The second kappa shape index (κ2) is 49.6. The number of aliphatic carboxylic acids is 1. The van der Waals surface area contributed by atoms with Gasteiger partial charge in [0.25, 0.3) is 0 Å². The van der Waals surface area contributed by atoms with E-state index in [1.165, 1.54) is 6.42 Å². The zero-order valence-electron chi connectivity index (χ0n) is 80.6. The van der Waals surface area contributed by atoms with Crippen molar-refractivity contribution in [2.45, 2.75) is 298 Å². The first-order valence-corrected chi connectivity index (χ1v) is 84.3. The molecular weight excluding hydrogens is 2960 g/mol. The topological polar surface area (TPSA) is 231 Å². The van der Waals surface area contributed by atoms with Crippen LogP contribution in [0.4, 0.5) is 84.7 Å². The van der Waals surface area contributed by atoms with Gasteiger partial charge in [-0.05, 0) is 348 Å². The van der Waals surface area contributed by atoms with Crippen LogP contribution in [-0.2, 0) is 103 Å². The zero-order valence-corrected chi connectivity index (χ0v) is 101. The number of carbonyl (C=O) groups is 8. The average molecular weight is 3090 g/mol. The maximum absolute atomic E-state index is 13.6. The van der Waals surface area contributed by atoms with Crippen LogP contribution in [0, 0.1) is 138 Å². The molecule has 4 amide bonds. The van der Waals surface area contributed by atoms with E-state index in [4.69, 9.17) is 17.3 Å². The molecule has 4 aliphatic heterocycles. The SMILES string of the molecule is C.C.C[C@]12C=CC(=O)N[C@@H]1CC[C@@H]1[C@@H]2CC[C@]2(C)[C@@H](C(=O)Cc3cc(C(F)(F)F)ccc3C(F)(F)F)CC[C@@H]12.C[C@]12C=CC(=O)N[C@@H]1CC[C@@H]1[C@@H]2CC[C@]2(C)[C@@H](C(=O)Cc3cc(C(F)(F)F)ccc3C(F)(F)F)CC[C@@H]12.C[C@]12C=CC(=O)N[C@@H]1CC[C@@H]1[C@@H]2CC[C@]2(C)[C@@H](C(=O)Cl)CC[C@@H]12.C[C@]12C=CC(=O)N[C@@H]1CC[C@@H]1[C@@H]2CC[C@]2(C)[C@@H](C(=O)O)CC[C@@H]12.I[I-]I.Nc1cc(C(F)(F)F)ccc1C(F)(F)F.[I][V]([I])[I].[I][V][I]. The van der Waals surface area contributed by atoms with Gasteiger partial charge < -0.3 is 32.1 Å². The maximum atomic E-state index is 13.6. The summed E-state index contributed by atoms with van der Waals surface area (Å²) in [5, 5.41) is 22.0. The van der Waals surface area contributed by atoms with Gasteiger partial charge in [-0.3, -0.25) is 38.4 Å². The number of carboxylic acid groups (broad SMARTS) is 1. The summed E-state index contributed by atoms with van der Waals surface area (Å²) in [4.78, 5) is 97.6. The number of carboxylic acids is 1. The van der Waals surface area contributed by atoms with Gasteiger partial charge in [-0.1, -0.05) is 94.5 Å². The van der Waals surface area contributed by atoms with Crippen LogP contribution in [-0.4, -0.2) is 75.7 Å². The molecule has 19 rings (SSSR count). The minimum absolute atomic E-state index is 0. The predicted octanol–water partition coefficient (Wildman–Crippen LogP) is 27.9. The molecule has 0 aromatic heterocycles. The first kappa shape index (κ1) is 128. The minimum atomic E-state index is -4.85. The van der Waals surface area contributed by atoms with Crippen molar-refractivity contribution < 1.29 is 150 Å². The van der Waals surface area contributed by atoms with Gasteiger partial charge in [-0.15, -0.1) is 0 Å². The number of nitrogens with one attached hydrogen (secondary N) is 4. The number of Topliss-reactive ketones (excluding diaryl/α,β-unsaturated/α-hetero) is 2. The third kappa shape index (κ3) is 27.2. The van der Waals surface area contributed by atoms with Crippen LogP contribution in [0.25, 0.3) is 0 Å². The summed E-state index contributed by atoms with van der Waals surface area (Å²) in [6, 6.07) is 4.27. The van der Waals surface area contributed by atoms with Crippen LogP contribution in [0.15, 0.2) is 103 Å². The number of amides is 4. The molecule has 4 heterocycles. The van der Waals surface area contributed by atoms with Gasteiger partial charge in [0.1, 0.15) is 11.6 Å². The van der Waals surface area contributed by atoms with Crippen LogP contribution in [0.2, 0.25) is 0 Å². The first-order chi connectivity index (χ1) is 67.2. The van der Waals surface area contributed by atoms with E-state index in [-0.39, 0.29) is 135 Å². The van der Waals surface area contributed by atoms with Gasteiger partial charge in [-0.2, -0.15) is 79.0 Å². The molecule has 16 aliphatic rings. The number of hydrogen-bond donors (Lipinski definition) is 6. The fourth-order valence-corrected chi connectivity index (χ4v) is 31.5. The molecule has 43 heteroatoms. The number of rotatable bonds is 8. The monoisotopic (exact) mass is 3090 g/mol. The molecule has 0 saturated heterocycles. The van der Waals surface area contributed by atoms with Gasteiger partial charge in [0.05, 0.1) is 39.3 Å². The van der Waals surface area contributed by atoms with E-state index in [0.29, 0.717) is 143 Å². The van der Waals surface area contributed by atoms with Gasteiger partial charge in [0.15, 0.2) is 0 Å². The molecule has 0 unspecified atom stereocenters. The fourth-order valence-electron chi connectivity index (χ4n) is 31.2. The zero-order chi connectivity index (χ0) is 108. The van der Waals surface area contributed by atoms with Crippen LogP contribution in [0.1, 0.15) is 269 Å². The molecule has 14 nitrogen and oxygen atoms in total. The Balaban J connectivity index is 0.000000188. The van der Waals surface area contributed by atoms with Crippen LogP contribution in [0.3, 0.4) is 0 Å². The number of nitrogen functional groups attached to an aromatic ring is 1. The summed E-state index contributed by atoms with van der Waals surface area (Å²) in [6.07, 6.45) is 6.93. The molecule has 12 saturated carbocycles.